The topological polar surface area (TPSA) is 8.17 Å². The van der Waals surface area contributed by atoms with Gasteiger partial charge in [-0.1, -0.05) is 105 Å². The molecular formula is C35H27BN2. The molecule has 9 rings (SSSR count). The van der Waals surface area contributed by atoms with Crippen molar-refractivity contribution in [2.24, 2.45) is 0 Å². The maximum absolute atomic E-state index is 2.62. The molecule has 4 aromatic carbocycles. The smallest absolute Gasteiger partial charge is 0.226 e. The highest BCUT2D eigenvalue weighted by Crippen LogP contribution is 2.55. The van der Waals surface area contributed by atoms with Gasteiger partial charge in [0.15, 0.2) is 0 Å². The quantitative estimate of drug-likeness (QED) is 0.235. The van der Waals surface area contributed by atoms with E-state index in [1.807, 2.05) is 0 Å². The van der Waals surface area contributed by atoms with Gasteiger partial charge in [-0.05, 0) is 52.1 Å². The standard InChI is InChI=1S/C35H27BN2/c1-35(2)25-15-7-6-14-23(25)33-31(35)24-20-21-30-32-34(24)38(33)29-19-11-9-17-27(29)36(32)26-16-8-10-18-28(26)37(30)22-12-4-3-5-13-22/h3-21,26,28H,1-2H3/t26-,28?/m0/s1. The van der Waals surface area contributed by atoms with Crippen molar-refractivity contribution in [1.82, 2.24) is 4.57 Å². The van der Waals surface area contributed by atoms with Crippen LogP contribution in [0.15, 0.2) is 115 Å². The van der Waals surface area contributed by atoms with E-state index in [1.54, 1.807) is 0 Å². The average Bonchev–Trinajstić information content (AvgIpc) is 3.44. The van der Waals surface area contributed by atoms with Gasteiger partial charge in [0, 0.05) is 33.4 Å². The second-order valence-corrected chi connectivity index (χ2v) is 11.7. The van der Waals surface area contributed by atoms with Crippen LogP contribution in [0.5, 0.6) is 0 Å². The molecule has 3 heteroatoms. The normalized spacial score (nSPS) is 20.8. The second kappa shape index (κ2) is 6.99. The zero-order chi connectivity index (χ0) is 25.2. The molecule has 0 bridgehead atoms. The monoisotopic (exact) mass is 486 g/mol. The van der Waals surface area contributed by atoms with E-state index in [4.69, 9.17) is 0 Å². The van der Waals surface area contributed by atoms with Crippen LogP contribution in [0.25, 0.3) is 27.8 Å². The number of nitrogens with zero attached hydrogens (tertiary/aromatic N) is 2. The molecule has 3 heterocycles. The van der Waals surface area contributed by atoms with Gasteiger partial charge in [-0.25, -0.2) is 0 Å². The summed E-state index contributed by atoms with van der Waals surface area (Å²) in [7, 11) is 0. The molecule has 4 aliphatic rings. The summed E-state index contributed by atoms with van der Waals surface area (Å²) in [5, 5.41) is 1.40. The highest BCUT2D eigenvalue weighted by atomic mass is 15.2. The predicted molar refractivity (Wildman–Crippen MR) is 160 cm³/mol. The van der Waals surface area contributed by atoms with E-state index in [9.17, 15) is 0 Å². The molecule has 0 radical (unpaired) electrons. The van der Waals surface area contributed by atoms with Gasteiger partial charge in [-0.3, -0.25) is 0 Å². The Kier molecular flexibility index (Phi) is 3.82. The summed E-state index contributed by atoms with van der Waals surface area (Å²) in [6.45, 7) is 5.13. The van der Waals surface area contributed by atoms with Crippen LogP contribution in [-0.4, -0.2) is 17.3 Å². The van der Waals surface area contributed by atoms with Crippen LogP contribution in [0.4, 0.5) is 11.4 Å². The molecule has 0 spiro atoms. The van der Waals surface area contributed by atoms with E-state index in [0.717, 1.165) is 0 Å². The summed E-state index contributed by atoms with van der Waals surface area (Å²) < 4.78 is 2.62. The van der Waals surface area contributed by atoms with E-state index in [2.05, 4.69) is 139 Å². The second-order valence-electron chi connectivity index (χ2n) is 11.7. The van der Waals surface area contributed by atoms with Crippen molar-refractivity contribution >= 4 is 39.9 Å². The Balaban J connectivity index is 1.48. The fourth-order valence-electron chi connectivity index (χ4n) is 8.15. The Hall–Kier alpha value is -4.24. The van der Waals surface area contributed by atoms with Gasteiger partial charge < -0.3 is 9.47 Å². The predicted octanol–water partition coefficient (Wildman–Crippen LogP) is 6.88. The van der Waals surface area contributed by atoms with E-state index in [-0.39, 0.29) is 11.5 Å². The van der Waals surface area contributed by atoms with E-state index in [1.165, 1.54) is 61.3 Å². The third kappa shape index (κ3) is 2.32. The molecule has 1 unspecified atom stereocenters. The van der Waals surface area contributed by atoms with Gasteiger partial charge in [0.05, 0.1) is 17.3 Å². The van der Waals surface area contributed by atoms with Crippen molar-refractivity contribution in [1.29, 1.82) is 0 Å². The number of benzene rings is 4. The van der Waals surface area contributed by atoms with Crippen LogP contribution in [0.3, 0.4) is 0 Å². The number of allylic oxidation sites excluding steroid dienone is 2. The first-order valence-corrected chi connectivity index (χ1v) is 13.8. The zero-order valence-corrected chi connectivity index (χ0v) is 21.6. The van der Waals surface area contributed by atoms with Crippen molar-refractivity contribution in [3.8, 4) is 16.9 Å². The van der Waals surface area contributed by atoms with E-state index >= 15 is 0 Å². The van der Waals surface area contributed by atoms with Gasteiger partial charge in [0.1, 0.15) is 0 Å². The van der Waals surface area contributed by atoms with Crippen molar-refractivity contribution < 1.29 is 0 Å². The molecule has 180 valence electrons. The summed E-state index contributed by atoms with van der Waals surface area (Å²) in [6, 6.07) is 34.3. The van der Waals surface area contributed by atoms with Crippen molar-refractivity contribution in [2.45, 2.75) is 31.1 Å². The summed E-state index contributed by atoms with van der Waals surface area (Å²) in [5.74, 6) is 0.359. The van der Waals surface area contributed by atoms with Crippen molar-refractivity contribution in [3.05, 3.63) is 126 Å². The maximum atomic E-state index is 2.62. The van der Waals surface area contributed by atoms with Crippen LogP contribution in [0, 0.1) is 0 Å². The third-order valence-corrected chi connectivity index (χ3v) is 9.58. The molecule has 0 fully saturated rings. The lowest BCUT2D eigenvalue weighted by Gasteiger charge is -2.47. The lowest BCUT2D eigenvalue weighted by molar-refractivity contribution is 0.666. The van der Waals surface area contributed by atoms with Gasteiger partial charge in [-0.2, -0.15) is 0 Å². The molecule has 38 heavy (non-hydrogen) atoms. The fourth-order valence-corrected chi connectivity index (χ4v) is 8.15. The van der Waals surface area contributed by atoms with Crippen molar-refractivity contribution in [3.63, 3.8) is 0 Å². The lowest BCUT2D eigenvalue weighted by Crippen LogP contribution is -2.60. The van der Waals surface area contributed by atoms with Crippen LogP contribution in [-0.2, 0) is 5.41 Å². The zero-order valence-electron chi connectivity index (χ0n) is 21.6. The number of fused-ring (bicyclic) bond motifs is 10. The first-order valence-electron chi connectivity index (χ1n) is 13.8. The summed E-state index contributed by atoms with van der Waals surface area (Å²) >= 11 is 0. The Morgan fingerprint density at radius 3 is 2.39 bits per heavy atom. The molecule has 0 saturated heterocycles. The Morgan fingerprint density at radius 2 is 1.50 bits per heavy atom. The van der Waals surface area contributed by atoms with Crippen LogP contribution < -0.4 is 15.8 Å². The molecule has 2 atom stereocenters. The molecule has 1 aromatic heterocycles. The van der Waals surface area contributed by atoms with Gasteiger partial charge in [-0.15, -0.1) is 0 Å². The summed E-state index contributed by atoms with van der Waals surface area (Å²) in [5.41, 5.74) is 13.9. The molecule has 0 amide bonds. The number of rotatable bonds is 1. The molecule has 2 aliphatic carbocycles. The van der Waals surface area contributed by atoms with Crippen LogP contribution in [0.1, 0.15) is 25.0 Å². The largest absolute Gasteiger partial charge is 0.335 e. The minimum absolute atomic E-state index is 0.0533. The molecule has 5 aromatic rings. The lowest BCUT2D eigenvalue weighted by atomic mass is 9.29. The molecule has 2 nitrogen and oxygen atoms in total. The number of hydrogen-bond acceptors (Lipinski definition) is 1. The highest BCUT2D eigenvalue weighted by Gasteiger charge is 2.50. The van der Waals surface area contributed by atoms with Crippen LogP contribution >= 0.6 is 0 Å². The SMILES string of the molecule is CC1(C)c2ccccc2-c2c1c1ccc3c4c1n2-c1ccccc1B4[C@H]1C=CC=CC1N3c1ccccc1. The van der Waals surface area contributed by atoms with Gasteiger partial charge in [0.2, 0.25) is 6.71 Å². The third-order valence-electron chi connectivity index (χ3n) is 9.58. The number of para-hydroxylation sites is 2. The summed E-state index contributed by atoms with van der Waals surface area (Å²) in [4.78, 5) is 2.59. The van der Waals surface area contributed by atoms with Gasteiger partial charge in [0.25, 0.3) is 0 Å². The number of aromatic nitrogens is 1. The van der Waals surface area contributed by atoms with Crippen molar-refractivity contribution in [2.75, 3.05) is 4.90 Å². The molecule has 0 saturated carbocycles. The number of anilines is 2. The Bertz CT molecular complexity index is 1870. The van der Waals surface area contributed by atoms with E-state index in [0.29, 0.717) is 12.5 Å². The van der Waals surface area contributed by atoms with Gasteiger partial charge >= 0.3 is 0 Å². The molecule has 2 aliphatic heterocycles. The first-order chi connectivity index (χ1) is 18.7. The average molecular weight is 486 g/mol. The number of hydrogen-bond donors (Lipinski definition) is 0. The first kappa shape index (κ1) is 20.8. The minimum atomic E-state index is -0.0533. The fraction of sp³-hybridized carbons (Fsp3) is 0.143. The molecule has 0 N–H and O–H groups in total. The Labute approximate surface area is 223 Å². The minimum Gasteiger partial charge on any atom is -0.335 e. The van der Waals surface area contributed by atoms with E-state index < -0.39 is 0 Å². The highest BCUT2D eigenvalue weighted by molar-refractivity contribution is 6.91. The molecular weight excluding hydrogens is 459 g/mol. The maximum Gasteiger partial charge on any atom is 0.226 e. The summed E-state index contributed by atoms with van der Waals surface area (Å²) in [6.07, 6.45) is 9.34. The Morgan fingerprint density at radius 1 is 0.737 bits per heavy atom. The van der Waals surface area contributed by atoms with Crippen LogP contribution in [0.2, 0.25) is 5.82 Å².